The highest BCUT2D eigenvalue weighted by molar-refractivity contribution is 7.22. The molecule has 0 N–H and O–H groups in total. The molecule has 2 aromatic carbocycles. The van der Waals surface area contributed by atoms with Gasteiger partial charge in [-0.05, 0) is 56.8 Å². The van der Waals surface area contributed by atoms with E-state index in [1.54, 1.807) is 4.90 Å². The van der Waals surface area contributed by atoms with Crippen molar-refractivity contribution in [1.82, 2.24) is 9.88 Å². The molecule has 6 nitrogen and oxygen atoms in total. The minimum atomic E-state index is -0.106. The maximum Gasteiger partial charge on any atom is 0.266 e. The first-order chi connectivity index (χ1) is 15.0. The summed E-state index contributed by atoms with van der Waals surface area (Å²) in [6.07, 6.45) is 0. The third-order valence-corrected chi connectivity index (χ3v) is 6.13. The van der Waals surface area contributed by atoms with Crippen molar-refractivity contribution in [1.29, 1.82) is 0 Å². The van der Waals surface area contributed by atoms with Crippen molar-refractivity contribution in [3.8, 4) is 11.5 Å². The number of halogens is 1. The van der Waals surface area contributed by atoms with Crippen LogP contribution in [0, 0.1) is 6.92 Å². The Kier molecular flexibility index (Phi) is 10.2. The van der Waals surface area contributed by atoms with E-state index < -0.39 is 0 Å². The van der Waals surface area contributed by atoms with Crippen LogP contribution in [0.15, 0.2) is 42.5 Å². The Hall–Kier alpha value is -2.35. The van der Waals surface area contributed by atoms with Crippen LogP contribution in [0.5, 0.6) is 11.5 Å². The first-order valence-corrected chi connectivity index (χ1v) is 11.6. The molecule has 0 unspecified atom stereocenters. The number of ether oxygens (including phenoxy) is 2. The zero-order chi connectivity index (χ0) is 22.2. The van der Waals surface area contributed by atoms with Crippen molar-refractivity contribution in [2.45, 2.75) is 27.7 Å². The number of fused-ring (bicyclic) bond motifs is 1. The molecule has 0 bridgehead atoms. The number of aromatic nitrogens is 1. The summed E-state index contributed by atoms with van der Waals surface area (Å²) in [5.41, 5.74) is 1.89. The van der Waals surface area contributed by atoms with Crippen molar-refractivity contribution >= 4 is 45.0 Å². The smallest absolute Gasteiger partial charge is 0.266 e. The van der Waals surface area contributed by atoms with Crippen LogP contribution < -0.4 is 14.4 Å². The Bertz CT molecular complexity index is 1010. The summed E-state index contributed by atoms with van der Waals surface area (Å²) in [6, 6.07) is 13.6. The average Bonchev–Trinajstić information content (AvgIpc) is 3.20. The van der Waals surface area contributed by atoms with Crippen LogP contribution in [0.25, 0.3) is 10.2 Å². The van der Waals surface area contributed by atoms with Crippen LogP contribution in [0.1, 0.15) is 26.3 Å². The molecule has 0 aliphatic rings. The molecule has 8 heteroatoms. The zero-order valence-corrected chi connectivity index (χ0v) is 20.8. The topological polar surface area (TPSA) is 54.9 Å². The first-order valence-electron chi connectivity index (χ1n) is 10.8. The number of thiazole rings is 1. The van der Waals surface area contributed by atoms with Gasteiger partial charge >= 0.3 is 0 Å². The third-order valence-electron chi connectivity index (χ3n) is 5.09. The van der Waals surface area contributed by atoms with Crippen LogP contribution >= 0.6 is 23.7 Å². The number of para-hydroxylation sites is 1. The van der Waals surface area contributed by atoms with Gasteiger partial charge in [-0.15, -0.1) is 12.4 Å². The molecule has 0 saturated heterocycles. The molecule has 0 aliphatic heterocycles. The van der Waals surface area contributed by atoms with Gasteiger partial charge in [0.25, 0.3) is 5.91 Å². The van der Waals surface area contributed by atoms with Crippen molar-refractivity contribution in [3.05, 3.63) is 48.0 Å². The highest BCUT2D eigenvalue weighted by atomic mass is 35.5. The number of likely N-dealkylation sites (N-methyl/N-ethyl adjacent to an activating group) is 1. The number of aryl methyl sites for hydroxylation is 1. The minimum absolute atomic E-state index is 0. The molecular formula is C24H32ClN3O3S. The van der Waals surface area contributed by atoms with E-state index in [0.29, 0.717) is 24.0 Å². The molecule has 0 radical (unpaired) electrons. The average molecular weight is 478 g/mol. The number of nitrogens with zero attached hydrogens (tertiary/aromatic N) is 3. The van der Waals surface area contributed by atoms with Gasteiger partial charge in [-0.1, -0.05) is 43.4 Å². The second-order valence-corrected chi connectivity index (χ2v) is 8.22. The Morgan fingerprint density at radius 2 is 1.78 bits per heavy atom. The molecular weight excluding hydrogens is 446 g/mol. The fourth-order valence-electron chi connectivity index (χ4n) is 3.34. The van der Waals surface area contributed by atoms with E-state index in [2.05, 4.69) is 18.7 Å². The maximum atomic E-state index is 13.2. The van der Waals surface area contributed by atoms with Gasteiger partial charge in [-0.2, -0.15) is 0 Å². The summed E-state index contributed by atoms with van der Waals surface area (Å²) in [5, 5.41) is 0.673. The highest BCUT2D eigenvalue weighted by Crippen LogP contribution is 2.34. The molecule has 0 spiro atoms. The van der Waals surface area contributed by atoms with E-state index in [4.69, 9.17) is 14.5 Å². The van der Waals surface area contributed by atoms with Crippen LogP contribution in [-0.2, 0) is 4.79 Å². The summed E-state index contributed by atoms with van der Waals surface area (Å²) in [7, 11) is 0. The van der Waals surface area contributed by atoms with Gasteiger partial charge in [-0.25, -0.2) is 4.98 Å². The molecule has 0 atom stereocenters. The number of carbonyl (C=O) groups excluding carboxylic acids is 1. The summed E-state index contributed by atoms with van der Waals surface area (Å²) in [4.78, 5) is 22.0. The van der Waals surface area contributed by atoms with Gasteiger partial charge in [-0.3, -0.25) is 9.69 Å². The summed E-state index contributed by atoms with van der Waals surface area (Å²) >= 11 is 1.50. The predicted molar refractivity (Wildman–Crippen MR) is 135 cm³/mol. The fourth-order valence-corrected chi connectivity index (χ4v) is 4.36. The monoisotopic (exact) mass is 477 g/mol. The molecule has 0 aliphatic carbocycles. The zero-order valence-electron chi connectivity index (χ0n) is 19.2. The molecule has 0 saturated carbocycles. The van der Waals surface area contributed by atoms with Crippen LogP contribution in [-0.4, -0.2) is 55.2 Å². The van der Waals surface area contributed by atoms with Crippen molar-refractivity contribution in [2.75, 3.05) is 44.3 Å². The fraction of sp³-hybridized carbons (Fsp3) is 0.417. The predicted octanol–water partition coefficient (Wildman–Crippen LogP) is 5.18. The number of anilines is 1. The number of rotatable bonds is 11. The summed E-state index contributed by atoms with van der Waals surface area (Å²) in [5.74, 6) is 1.33. The quantitative estimate of drug-likeness (QED) is 0.381. The van der Waals surface area contributed by atoms with Gasteiger partial charge < -0.3 is 14.4 Å². The number of benzene rings is 2. The van der Waals surface area contributed by atoms with Crippen LogP contribution in [0.2, 0.25) is 0 Å². The molecule has 3 rings (SSSR count). The van der Waals surface area contributed by atoms with Crippen molar-refractivity contribution in [2.24, 2.45) is 0 Å². The van der Waals surface area contributed by atoms with Gasteiger partial charge in [0.1, 0.15) is 17.0 Å². The summed E-state index contributed by atoms with van der Waals surface area (Å²) in [6.45, 7) is 12.0. The second kappa shape index (κ2) is 12.6. The van der Waals surface area contributed by atoms with Gasteiger partial charge in [0.05, 0.1) is 11.3 Å². The number of carbonyl (C=O) groups is 1. The molecule has 3 aromatic rings. The lowest BCUT2D eigenvalue weighted by Crippen LogP contribution is -2.41. The number of hydrogen-bond donors (Lipinski definition) is 0. The van der Waals surface area contributed by atoms with Crippen LogP contribution in [0.3, 0.4) is 0 Å². The maximum absolute atomic E-state index is 13.2. The Morgan fingerprint density at radius 3 is 2.47 bits per heavy atom. The molecule has 0 fully saturated rings. The normalized spacial score (nSPS) is 10.8. The van der Waals surface area contributed by atoms with Gasteiger partial charge in [0, 0.05) is 13.1 Å². The summed E-state index contributed by atoms with van der Waals surface area (Å²) < 4.78 is 12.5. The molecule has 174 valence electrons. The SMILES string of the molecule is CCOc1cccc2sc(N(CCN(CC)CC)C(=O)COc3cccc(C)c3)nc12.Cl. The van der Waals surface area contributed by atoms with E-state index in [0.717, 1.165) is 41.2 Å². The van der Waals surface area contributed by atoms with Crippen LogP contribution in [0.4, 0.5) is 5.13 Å². The largest absolute Gasteiger partial charge is 0.492 e. The molecule has 1 amide bonds. The lowest BCUT2D eigenvalue weighted by molar-refractivity contribution is -0.120. The molecule has 1 heterocycles. The molecule has 1 aromatic heterocycles. The number of amides is 1. The highest BCUT2D eigenvalue weighted by Gasteiger charge is 2.22. The van der Waals surface area contributed by atoms with Crippen molar-refractivity contribution < 1.29 is 14.3 Å². The molecule has 32 heavy (non-hydrogen) atoms. The third kappa shape index (κ3) is 6.58. The van der Waals surface area contributed by atoms with Crippen molar-refractivity contribution in [3.63, 3.8) is 0 Å². The first kappa shape index (κ1) is 25.9. The Morgan fingerprint density at radius 1 is 1.03 bits per heavy atom. The van der Waals surface area contributed by atoms with Gasteiger partial charge in [0.2, 0.25) is 0 Å². The standard InChI is InChI=1S/C24H31N3O3S.ClH/c1-5-26(6-2)14-15-27(22(28)17-30-19-11-8-10-18(4)16-19)24-25-23-20(29-7-3)12-9-13-21(23)31-24;/h8-13,16H,5-7,14-15,17H2,1-4H3;1H. The van der Waals surface area contributed by atoms with E-state index in [1.165, 1.54) is 11.3 Å². The van der Waals surface area contributed by atoms with Gasteiger partial charge in [0.15, 0.2) is 11.7 Å². The minimum Gasteiger partial charge on any atom is -0.492 e. The second-order valence-electron chi connectivity index (χ2n) is 7.21. The Labute approximate surface area is 200 Å². The number of hydrogen-bond acceptors (Lipinski definition) is 6. The van der Waals surface area contributed by atoms with E-state index in [9.17, 15) is 4.79 Å². The Balaban J connectivity index is 0.00000363. The van der Waals surface area contributed by atoms with E-state index >= 15 is 0 Å². The lowest BCUT2D eigenvalue weighted by Gasteiger charge is -2.24. The van der Waals surface area contributed by atoms with E-state index in [1.807, 2.05) is 56.3 Å². The lowest BCUT2D eigenvalue weighted by atomic mass is 10.2. The van der Waals surface area contributed by atoms with E-state index in [-0.39, 0.29) is 24.9 Å².